The van der Waals surface area contributed by atoms with Crippen LogP contribution in [0.5, 0.6) is 5.75 Å². The van der Waals surface area contributed by atoms with Gasteiger partial charge in [-0.2, -0.15) is 0 Å². The van der Waals surface area contributed by atoms with Crippen LogP contribution in [-0.4, -0.2) is 19.1 Å². The highest BCUT2D eigenvalue weighted by molar-refractivity contribution is 6.30. The molecule has 0 unspecified atom stereocenters. The van der Waals surface area contributed by atoms with Crippen LogP contribution in [0.25, 0.3) is 0 Å². The molecular formula is C19H22ClNO2. The van der Waals surface area contributed by atoms with Gasteiger partial charge in [0.2, 0.25) is 5.91 Å². The third-order valence-electron chi connectivity index (χ3n) is 3.60. The van der Waals surface area contributed by atoms with Crippen molar-refractivity contribution in [2.24, 2.45) is 0 Å². The number of halogens is 1. The van der Waals surface area contributed by atoms with Crippen molar-refractivity contribution < 1.29 is 9.53 Å². The van der Waals surface area contributed by atoms with Crippen molar-refractivity contribution in [3.05, 3.63) is 65.2 Å². The van der Waals surface area contributed by atoms with Crippen LogP contribution < -0.4 is 10.1 Å². The highest BCUT2D eigenvalue weighted by atomic mass is 35.5. The highest BCUT2D eigenvalue weighted by Crippen LogP contribution is 2.16. The van der Waals surface area contributed by atoms with Crippen LogP contribution in [0.1, 0.15) is 31.2 Å². The molecule has 4 heteroatoms. The summed E-state index contributed by atoms with van der Waals surface area (Å²) in [5.41, 5.74) is 1.24. The second-order valence-electron chi connectivity index (χ2n) is 5.52. The van der Waals surface area contributed by atoms with Gasteiger partial charge in [-0.3, -0.25) is 4.79 Å². The van der Waals surface area contributed by atoms with E-state index in [1.165, 1.54) is 5.56 Å². The second-order valence-corrected chi connectivity index (χ2v) is 5.96. The van der Waals surface area contributed by atoms with E-state index in [1.807, 2.05) is 30.3 Å². The molecule has 3 nitrogen and oxygen atoms in total. The van der Waals surface area contributed by atoms with Crippen molar-refractivity contribution in [2.75, 3.05) is 13.2 Å². The molecule has 0 fully saturated rings. The molecule has 1 atom stereocenters. The Morgan fingerprint density at radius 3 is 2.52 bits per heavy atom. The lowest BCUT2D eigenvalue weighted by Crippen LogP contribution is -2.27. The second kappa shape index (κ2) is 9.21. The summed E-state index contributed by atoms with van der Waals surface area (Å²) in [4.78, 5) is 11.9. The fourth-order valence-corrected chi connectivity index (χ4v) is 2.33. The monoisotopic (exact) mass is 331 g/mol. The van der Waals surface area contributed by atoms with Gasteiger partial charge in [0.15, 0.2) is 0 Å². The van der Waals surface area contributed by atoms with Gasteiger partial charge in [-0.05, 0) is 42.2 Å². The van der Waals surface area contributed by atoms with Crippen LogP contribution in [0.15, 0.2) is 54.6 Å². The minimum absolute atomic E-state index is 0.0625. The minimum atomic E-state index is 0.0625. The summed E-state index contributed by atoms with van der Waals surface area (Å²) in [6.45, 7) is 3.28. The molecule has 2 aromatic carbocycles. The molecule has 23 heavy (non-hydrogen) atoms. The summed E-state index contributed by atoms with van der Waals surface area (Å²) in [7, 11) is 0. The Morgan fingerprint density at radius 1 is 1.13 bits per heavy atom. The van der Waals surface area contributed by atoms with E-state index in [9.17, 15) is 4.79 Å². The van der Waals surface area contributed by atoms with Gasteiger partial charge in [0.1, 0.15) is 5.75 Å². The number of carbonyl (C=O) groups is 1. The number of benzene rings is 2. The van der Waals surface area contributed by atoms with Crippen molar-refractivity contribution in [2.45, 2.75) is 25.7 Å². The molecule has 0 heterocycles. The van der Waals surface area contributed by atoms with Gasteiger partial charge in [0.05, 0.1) is 6.61 Å². The molecule has 0 aliphatic carbocycles. The third kappa shape index (κ3) is 6.33. The molecule has 0 saturated heterocycles. The maximum absolute atomic E-state index is 11.9. The smallest absolute Gasteiger partial charge is 0.220 e. The first kappa shape index (κ1) is 17.4. The summed E-state index contributed by atoms with van der Waals surface area (Å²) in [5, 5.41) is 3.66. The van der Waals surface area contributed by atoms with E-state index in [0.717, 1.165) is 5.75 Å². The van der Waals surface area contributed by atoms with E-state index >= 15 is 0 Å². The van der Waals surface area contributed by atoms with Crippen molar-refractivity contribution >= 4 is 17.5 Å². The van der Waals surface area contributed by atoms with Crippen molar-refractivity contribution in [1.29, 1.82) is 0 Å². The Kier molecular flexibility index (Phi) is 6.95. The molecule has 0 aliphatic heterocycles. The standard InChI is InChI=1S/C19H22ClNO2/c1-15(16-6-3-2-4-7-16)14-21-19(22)8-5-13-23-18-11-9-17(20)10-12-18/h2-4,6-7,9-12,15H,5,8,13-14H2,1H3,(H,21,22)/t15-/m1/s1. The number of ether oxygens (including phenoxy) is 1. The van der Waals surface area contributed by atoms with Gasteiger partial charge in [-0.15, -0.1) is 0 Å². The average molecular weight is 332 g/mol. The SMILES string of the molecule is C[C@H](CNC(=O)CCCOc1ccc(Cl)cc1)c1ccccc1. The van der Waals surface area contributed by atoms with Crippen LogP contribution in [-0.2, 0) is 4.79 Å². The first-order chi connectivity index (χ1) is 11.1. The van der Waals surface area contributed by atoms with E-state index in [1.54, 1.807) is 12.1 Å². The summed E-state index contributed by atoms with van der Waals surface area (Å²) in [6.07, 6.45) is 1.16. The van der Waals surface area contributed by atoms with Gasteiger partial charge in [0.25, 0.3) is 0 Å². The highest BCUT2D eigenvalue weighted by Gasteiger charge is 2.07. The van der Waals surface area contributed by atoms with E-state index < -0.39 is 0 Å². The topological polar surface area (TPSA) is 38.3 Å². The van der Waals surface area contributed by atoms with Crippen molar-refractivity contribution in [3.63, 3.8) is 0 Å². The predicted molar refractivity (Wildman–Crippen MR) is 94.0 cm³/mol. The number of rotatable bonds is 8. The lowest BCUT2D eigenvalue weighted by atomic mass is 10.0. The molecule has 0 radical (unpaired) electrons. The summed E-state index contributed by atoms with van der Waals surface area (Å²) in [6, 6.07) is 17.4. The average Bonchev–Trinajstić information content (AvgIpc) is 2.59. The van der Waals surface area contributed by atoms with Crippen LogP contribution in [0.2, 0.25) is 5.02 Å². The molecule has 0 spiro atoms. The van der Waals surface area contributed by atoms with Crippen LogP contribution in [0, 0.1) is 0 Å². The molecule has 0 aliphatic rings. The molecular weight excluding hydrogens is 310 g/mol. The predicted octanol–water partition coefficient (Wildman–Crippen LogP) is 4.42. The normalized spacial score (nSPS) is 11.7. The Labute approximate surface area is 142 Å². The number of nitrogens with one attached hydrogen (secondary N) is 1. The number of carbonyl (C=O) groups excluding carboxylic acids is 1. The quantitative estimate of drug-likeness (QED) is 0.727. The molecule has 1 N–H and O–H groups in total. The molecule has 0 saturated carbocycles. The Hall–Kier alpha value is -2.00. The number of hydrogen-bond acceptors (Lipinski definition) is 2. The lowest BCUT2D eigenvalue weighted by Gasteiger charge is -2.13. The lowest BCUT2D eigenvalue weighted by molar-refractivity contribution is -0.121. The fourth-order valence-electron chi connectivity index (χ4n) is 2.21. The van der Waals surface area contributed by atoms with Gasteiger partial charge >= 0.3 is 0 Å². The van der Waals surface area contributed by atoms with E-state index in [2.05, 4.69) is 24.4 Å². The number of amides is 1. The van der Waals surface area contributed by atoms with Gasteiger partial charge in [-0.25, -0.2) is 0 Å². The Balaban J connectivity index is 1.61. The summed E-state index contributed by atoms with van der Waals surface area (Å²) in [5.74, 6) is 1.14. The zero-order chi connectivity index (χ0) is 16.5. The van der Waals surface area contributed by atoms with E-state index in [0.29, 0.717) is 36.9 Å². The Morgan fingerprint density at radius 2 is 1.83 bits per heavy atom. The number of hydrogen-bond donors (Lipinski definition) is 1. The van der Waals surface area contributed by atoms with Gasteiger partial charge < -0.3 is 10.1 Å². The molecule has 122 valence electrons. The third-order valence-corrected chi connectivity index (χ3v) is 3.86. The molecule has 2 aromatic rings. The van der Waals surface area contributed by atoms with E-state index in [-0.39, 0.29) is 5.91 Å². The molecule has 2 rings (SSSR count). The zero-order valence-electron chi connectivity index (χ0n) is 13.3. The maximum Gasteiger partial charge on any atom is 0.220 e. The largest absolute Gasteiger partial charge is 0.494 e. The summed E-state index contributed by atoms with van der Waals surface area (Å²) < 4.78 is 5.57. The first-order valence-corrected chi connectivity index (χ1v) is 8.23. The maximum atomic E-state index is 11.9. The Bertz CT molecular complexity index is 599. The fraction of sp³-hybridized carbons (Fsp3) is 0.316. The molecule has 0 aromatic heterocycles. The molecule has 0 bridgehead atoms. The van der Waals surface area contributed by atoms with Crippen LogP contribution >= 0.6 is 11.6 Å². The van der Waals surface area contributed by atoms with Crippen LogP contribution in [0.3, 0.4) is 0 Å². The first-order valence-electron chi connectivity index (χ1n) is 7.85. The summed E-state index contributed by atoms with van der Waals surface area (Å²) >= 11 is 5.81. The van der Waals surface area contributed by atoms with Gasteiger partial charge in [-0.1, -0.05) is 48.9 Å². The minimum Gasteiger partial charge on any atom is -0.494 e. The zero-order valence-corrected chi connectivity index (χ0v) is 14.1. The van der Waals surface area contributed by atoms with Crippen LogP contribution in [0.4, 0.5) is 0 Å². The molecule has 1 amide bonds. The van der Waals surface area contributed by atoms with Gasteiger partial charge in [0, 0.05) is 18.0 Å². The van der Waals surface area contributed by atoms with Crippen molar-refractivity contribution in [1.82, 2.24) is 5.32 Å². The van der Waals surface area contributed by atoms with E-state index in [4.69, 9.17) is 16.3 Å². The van der Waals surface area contributed by atoms with Crippen molar-refractivity contribution in [3.8, 4) is 5.75 Å².